The van der Waals surface area contributed by atoms with Gasteiger partial charge in [-0.3, -0.25) is 4.79 Å². The minimum atomic E-state index is -0.724. The van der Waals surface area contributed by atoms with Gasteiger partial charge in [-0.15, -0.1) is 0 Å². The first-order valence-corrected chi connectivity index (χ1v) is 6.49. The molecule has 1 aromatic heterocycles. The van der Waals surface area contributed by atoms with Crippen molar-refractivity contribution >= 4 is 44.4 Å². The number of carbonyl (C=O) groups excluding carboxylic acids is 1. The smallest absolute Gasteiger partial charge is 0.322 e. The number of esters is 1. The maximum atomic E-state index is 11.4. The lowest BCUT2D eigenvalue weighted by Gasteiger charge is -2.09. The molecule has 0 radical (unpaired) electrons. The molecule has 1 unspecified atom stereocenters. The van der Waals surface area contributed by atoms with Crippen LogP contribution in [0.4, 0.5) is 0 Å². The zero-order chi connectivity index (χ0) is 13.3. The van der Waals surface area contributed by atoms with Crippen LogP contribution in [0.1, 0.15) is 5.56 Å². The summed E-state index contributed by atoms with van der Waals surface area (Å²) in [6, 6.07) is 5.01. The molecular weight excluding hydrogens is 320 g/mol. The van der Waals surface area contributed by atoms with Crippen LogP contribution in [0.25, 0.3) is 10.9 Å². The van der Waals surface area contributed by atoms with E-state index in [4.69, 9.17) is 17.3 Å². The highest BCUT2D eigenvalue weighted by Gasteiger charge is 2.20. The number of fused-ring (bicyclic) bond motifs is 1. The average Bonchev–Trinajstić information content (AvgIpc) is 2.66. The summed E-state index contributed by atoms with van der Waals surface area (Å²) in [6.07, 6.45) is 0.327. The molecule has 96 valence electrons. The summed E-state index contributed by atoms with van der Waals surface area (Å²) in [7, 11) is 1.31. The van der Waals surface area contributed by atoms with Crippen LogP contribution in [-0.4, -0.2) is 24.1 Å². The van der Waals surface area contributed by atoms with Gasteiger partial charge in [0.25, 0.3) is 0 Å². The Labute approximate surface area is 118 Å². The highest BCUT2D eigenvalue weighted by atomic mass is 79.9. The summed E-state index contributed by atoms with van der Waals surface area (Å²) in [5.74, 6) is -0.451. The first-order chi connectivity index (χ1) is 8.54. The second-order valence-corrected chi connectivity index (χ2v) is 5.15. The molecule has 2 rings (SSSR count). The Bertz CT molecular complexity index is 597. The van der Waals surface area contributed by atoms with E-state index in [1.165, 1.54) is 7.11 Å². The quantitative estimate of drug-likeness (QED) is 0.850. The highest BCUT2D eigenvalue weighted by Crippen LogP contribution is 2.32. The molecule has 0 fully saturated rings. The number of methoxy groups -OCH3 is 1. The summed E-state index contributed by atoms with van der Waals surface area (Å²) in [4.78, 5) is 14.4. The first kappa shape index (κ1) is 13.4. The number of hydrogen-bond donors (Lipinski definition) is 2. The molecule has 0 saturated carbocycles. The summed E-state index contributed by atoms with van der Waals surface area (Å²) in [6.45, 7) is 0. The summed E-state index contributed by atoms with van der Waals surface area (Å²) >= 11 is 9.62. The Morgan fingerprint density at radius 1 is 1.61 bits per heavy atom. The van der Waals surface area contributed by atoms with Gasteiger partial charge >= 0.3 is 5.97 Å². The third-order valence-electron chi connectivity index (χ3n) is 2.75. The molecule has 0 aliphatic heterocycles. The maximum Gasteiger partial charge on any atom is 0.322 e. The van der Waals surface area contributed by atoms with Crippen LogP contribution < -0.4 is 5.73 Å². The summed E-state index contributed by atoms with van der Waals surface area (Å²) < 4.78 is 5.53. The van der Waals surface area contributed by atoms with Gasteiger partial charge in [-0.05, 0) is 17.7 Å². The van der Waals surface area contributed by atoms with Gasteiger partial charge in [0.05, 0.1) is 7.11 Å². The molecular formula is C12H12BrClN2O2. The SMILES string of the molecule is COC(=O)C(N)Cc1c(Cl)[nH]c2cccc(Br)c12. The largest absolute Gasteiger partial charge is 0.468 e. The number of nitrogens with two attached hydrogens (primary N) is 1. The van der Waals surface area contributed by atoms with E-state index in [0.29, 0.717) is 11.6 Å². The van der Waals surface area contributed by atoms with E-state index in [-0.39, 0.29) is 0 Å². The molecule has 0 bridgehead atoms. The van der Waals surface area contributed by atoms with Crippen molar-refractivity contribution in [2.24, 2.45) is 5.73 Å². The van der Waals surface area contributed by atoms with E-state index >= 15 is 0 Å². The number of hydrogen-bond acceptors (Lipinski definition) is 3. The number of rotatable bonds is 3. The number of H-pyrrole nitrogens is 1. The zero-order valence-corrected chi connectivity index (χ0v) is 12.0. The van der Waals surface area contributed by atoms with Crippen molar-refractivity contribution in [3.63, 3.8) is 0 Å². The van der Waals surface area contributed by atoms with Crippen molar-refractivity contribution < 1.29 is 9.53 Å². The van der Waals surface area contributed by atoms with Gasteiger partial charge in [0.15, 0.2) is 0 Å². The van der Waals surface area contributed by atoms with E-state index in [1.807, 2.05) is 18.2 Å². The minimum absolute atomic E-state index is 0.327. The van der Waals surface area contributed by atoms with Gasteiger partial charge in [-0.25, -0.2) is 0 Å². The fraction of sp³-hybridized carbons (Fsp3) is 0.250. The van der Waals surface area contributed by atoms with Crippen LogP contribution in [0.2, 0.25) is 5.15 Å². The zero-order valence-electron chi connectivity index (χ0n) is 9.67. The summed E-state index contributed by atoms with van der Waals surface area (Å²) in [5, 5.41) is 1.44. The van der Waals surface area contributed by atoms with Gasteiger partial charge in [-0.2, -0.15) is 0 Å². The Kier molecular flexibility index (Phi) is 3.94. The molecule has 0 aliphatic rings. The van der Waals surface area contributed by atoms with Crippen molar-refractivity contribution in [3.8, 4) is 0 Å². The van der Waals surface area contributed by atoms with Crippen LogP contribution in [0, 0.1) is 0 Å². The van der Waals surface area contributed by atoms with Gasteiger partial charge in [0.1, 0.15) is 11.2 Å². The second-order valence-electron chi connectivity index (χ2n) is 3.91. The number of aromatic nitrogens is 1. The lowest BCUT2D eigenvalue weighted by atomic mass is 10.1. The van der Waals surface area contributed by atoms with Crippen molar-refractivity contribution in [2.75, 3.05) is 7.11 Å². The van der Waals surface area contributed by atoms with Crippen molar-refractivity contribution in [3.05, 3.63) is 33.4 Å². The molecule has 1 aromatic carbocycles. The molecule has 4 nitrogen and oxygen atoms in total. The Morgan fingerprint density at radius 3 is 3.00 bits per heavy atom. The molecule has 6 heteroatoms. The third kappa shape index (κ3) is 2.39. The fourth-order valence-corrected chi connectivity index (χ4v) is 2.76. The predicted molar refractivity (Wildman–Crippen MR) is 74.7 cm³/mol. The summed E-state index contributed by atoms with van der Waals surface area (Å²) in [5.41, 5.74) is 7.49. The van der Waals surface area contributed by atoms with E-state index in [0.717, 1.165) is 20.9 Å². The monoisotopic (exact) mass is 330 g/mol. The number of benzene rings is 1. The van der Waals surface area contributed by atoms with Gasteiger partial charge in [0, 0.05) is 21.8 Å². The fourth-order valence-electron chi connectivity index (χ4n) is 1.88. The molecule has 0 saturated heterocycles. The van der Waals surface area contributed by atoms with Crippen molar-refractivity contribution in [2.45, 2.75) is 12.5 Å². The Hall–Kier alpha value is -1.04. The van der Waals surface area contributed by atoms with Gasteiger partial charge in [-0.1, -0.05) is 33.6 Å². The lowest BCUT2D eigenvalue weighted by Crippen LogP contribution is -2.33. The van der Waals surface area contributed by atoms with Crippen LogP contribution in [0.3, 0.4) is 0 Å². The average molecular weight is 332 g/mol. The van der Waals surface area contributed by atoms with Crippen LogP contribution >= 0.6 is 27.5 Å². The number of halogens is 2. The molecule has 0 amide bonds. The molecule has 0 spiro atoms. The van der Waals surface area contributed by atoms with Gasteiger partial charge in [0.2, 0.25) is 0 Å². The van der Waals surface area contributed by atoms with Crippen LogP contribution in [0.5, 0.6) is 0 Å². The molecule has 18 heavy (non-hydrogen) atoms. The number of nitrogens with one attached hydrogen (secondary N) is 1. The van der Waals surface area contributed by atoms with E-state index in [2.05, 4.69) is 25.7 Å². The number of carbonyl (C=O) groups is 1. The van der Waals surface area contributed by atoms with Gasteiger partial charge < -0.3 is 15.5 Å². The standard InChI is InChI=1S/C12H12BrClN2O2/c1-18-12(17)8(15)5-6-10-7(13)3-2-4-9(10)16-11(6)14/h2-4,8,16H,5,15H2,1H3. The second kappa shape index (κ2) is 5.30. The molecule has 2 aromatic rings. The number of ether oxygens (including phenoxy) is 1. The topological polar surface area (TPSA) is 68.1 Å². The molecule has 1 heterocycles. The van der Waals surface area contributed by atoms with E-state index < -0.39 is 12.0 Å². The van der Waals surface area contributed by atoms with Crippen LogP contribution in [-0.2, 0) is 16.0 Å². The highest BCUT2D eigenvalue weighted by molar-refractivity contribution is 9.10. The van der Waals surface area contributed by atoms with E-state index in [9.17, 15) is 4.79 Å². The predicted octanol–water partition coefficient (Wildman–Crippen LogP) is 2.63. The van der Waals surface area contributed by atoms with E-state index in [1.54, 1.807) is 0 Å². The maximum absolute atomic E-state index is 11.4. The third-order valence-corrected chi connectivity index (χ3v) is 3.74. The van der Waals surface area contributed by atoms with Crippen molar-refractivity contribution in [1.82, 2.24) is 4.98 Å². The minimum Gasteiger partial charge on any atom is -0.468 e. The molecule has 0 aliphatic carbocycles. The molecule has 1 atom stereocenters. The number of aromatic amines is 1. The van der Waals surface area contributed by atoms with Crippen LogP contribution in [0.15, 0.2) is 22.7 Å². The molecule has 3 N–H and O–H groups in total. The lowest BCUT2D eigenvalue weighted by molar-refractivity contribution is -0.142. The Balaban J connectivity index is 2.44. The van der Waals surface area contributed by atoms with Crippen molar-refractivity contribution in [1.29, 1.82) is 0 Å². The Morgan fingerprint density at radius 2 is 2.33 bits per heavy atom. The first-order valence-electron chi connectivity index (χ1n) is 5.32. The normalized spacial score (nSPS) is 12.7.